The Morgan fingerprint density at radius 3 is 2.00 bits per heavy atom. The molecule has 28 heavy (non-hydrogen) atoms. The van der Waals surface area contributed by atoms with Gasteiger partial charge in [-0.3, -0.25) is 0 Å². The van der Waals surface area contributed by atoms with E-state index in [1.54, 1.807) is 6.08 Å². The van der Waals surface area contributed by atoms with Gasteiger partial charge in [0.2, 0.25) is 0 Å². The molecule has 1 aromatic rings. The average Bonchev–Trinajstić information content (AvgIpc) is 2.64. The molecule has 0 unspecified atom stereocenters. The van der Waals surface area contributed by atoms with Crippen molar-refractivity contribution in [3.8, 4) is 17.9 Å². The smallest absolute Gasteiger partial charge is 0.250 e. The van der Waals surface area contributed by atoms with Gasteiger partial charge in [-0.05, 0) is 44.1 Å². The fourth-order valence-electron chi connectivity index (χ4n) is 3.09. The summed E-state index contributed by atoms with van der Waals surface area (Å²) in [5.41, 5.74) is 3.20. The molecule has 1 aliphatic heterocycles. The van der Waals surface area contributed by atoms with Gasteiger partial charge < -0.3 is 14.2 Å². The second kappa shape index (κ2) is 8.28. The number of anilines is 2. The van der Waals surface area contributed by atoms with Crippen molar-refractivity contribution in [3.05, 3.63) is 23.3 Å². The highest BCUT2D eigenvalue weighted by molar-refractivity contribution is 6.74. The molecular weight excluding hydrogens is 364 g/mol. The summed E-state index contributed by atoms with van der Waals surface area (Å²) in [6.07, 6.45) is 1.65. The fourth-order valence-corrected chi connectivity index (χ4v) is 4.13. The Kier molecular flexibility index (Phi) is 6.47. The van der Waals surface area contributed by atoms with Crippen molar-refractivity contribution >= 4 is 25.8 Å². The van der Waals surface area contributed by atoms with Crippen molar-refractivity contribution in [1.82, 2.24) is 0 Å². The molecule has 0 saturated heterocycles. The van der Waals surface area contributed by atoms with Crippen LogP contribution in [0.3, 0.4) is 0 Å². The molecule has 1 aliphatic rings. The minimum atomic E-state index is -2.08. The molecule has 0 spiro atoms. The number of nitriles is 2. The number of likely N-dealkylation sites (N-methyl/N-ethyl adjacent to an activating group) is 2. The predicted molar refractivity (Wildman–Crippen MR) is 119 cm³/mol. The highest BCUT2D eigenvalue weighted by Gasteiger charge is 2.39. The molecule has 0 fully saturated rings. The summed E-state index contributed by atoms with van der Waals surface area (Å²) < 4.78 is 6.65. The third-order valence-electron chi connectivity index (χ3n) is 5.90. The van der Waals surface area contributed by atoms with Crippen LogP contribution < -0.4 is 14.2 Å². The Bertz CT molecular complexity index is 824. The van der Waals surface area contributed by atoms with Crippen LogP contribution in [0.4, 0.5) is 11.4 Å². The van der Waals surface area contributed by atoms with Gasteiger partial charge in [-0.2, -0.15) is 10.5 Å². The lowest BCUT2D eigenvalue weighted by molar-refractivity contribution is 0.491. The van der Waals surface area contributed by atoms with E-state index >= 15 is 0 Å². The second-order valence-electron chi connectivity index (χ2n) is 8.68. The first-order valence-corrected chi connectivity index (χ1v) is 12.9. The molecule has 5 nitrogen and oxygen atoms in total. The summed E-state index contributed by atoms with van der Waals surface area (Å²) in [4.78, 5) is 4.70. The van der Waals surface area contributed by atoms with Crippen LogP contribution in [-0.2, 0) is 0 Å². The van der Waals surface area contributed by atoms with Gasteiger partial charge in [0.15, 0.2) is 0 Å². The monoisotopic (exact) mass is 396 g/mol. The predicted octanol–water partition coefficient (Wildman–Crippen LogP) is 5.17. The Morgan fingerprint density at radius 2 is 1.57 bits per heavy atom. The SMILES string of the molecule is CCN1CCN(CC)c2cc(O[Si](C)(C)C(C)(C)C)c(C=C(C#N)C#N)cc21. The zero-order chi connectivity index (χ0) is 21.1. The van der Waals surface area contributed by atoms with Gasteiger partial charge in [0.05, 0.1) is 11.4 Å². The molecule has 6 heteroatoms. The maximum Gasteiger partial charge on any atom is 0.250 e. The Balaban J connectivity index is 2.70. The van der Waals surface area contributed by atoms with Crippen LogP contribution in [0, 0.1) is 22.7 Å². The number of allylic oxidation sites excluding steroid dienone is 1. The average molecular weight is 397 g/mol. The van der Waals surface area contributed by atoms with E-state index in [9.17, 15) is 10.5 Å². The van der Waals surface area contributed by atoms with Crippen LogP contribution in [0.5, 0.6) is 5.75 Å². The van der Waals surface area contributed by atoms with Crippen LogP contribution in [0.15, 0.2) is 17.7 Å². The molecule has 0 radical (unpaired) electrons. The molecule has 1 heterocycles. The van der Waals surface area contributed by atoms with Crippen LogP contribution in [0.1, 0.15) is 40.2 Å². The quantitative estimate of drug-likeness (QED) is 0.507. The van der Waals surface area contributed by atoms with Crippen molar-refractivity contribution in [2.45, 2.75) is 52.8 Å². The van der Waals surface area contributed by atoms with E-state index in [4.69, 9.17) is 4.43 Å². The van der Waals surface area contributed by atoms with Crippen molar-refractivity contribution < 1.29 is 4.43 Å². The van der Waals surface area contributed by atoms with E-state index in [0.29, 0.717) is 0 Å². The standard InChI is InChI=1S/C22H32N4OSi/c1-8-25-10-11-26(9-2)20-14-21(27-28(6,7)22(3,4)5)18(13-19(20)25)12-17(15-23)16-24/h12-14H,8-11H2,1-7H3. The van der Waals surface area contributed by atoms with Gasteiger partial charge in [-0.25, -0.2) is 0 Å². The van der Waals surface area contributed by atoms with Crippen LogP contribution >= 0.6 is 0 Å². The summed E-state index contributed by atoms with van der Waals surface area (Å²) in [6.45, 7) is 19.2. The molecule has 2 rings (SSSR count). The minimum Gasteiger partial charge on any atom is -0.543 e. The Morgan fingerprint density at radius 1 is 1.07 bits per heavy atom. The topological polar surface area (TPSA) is 63.3 Å². The fraction of sp³-hybridized carbons (Fsp3) is 0.545. The molecule has 0 saturated carbocycles. The van der Waals surface area contributed by atoms with Crippen molar-refractivity contribution in [2.75, 3.05) is 36.0 Å². The van der Waals surface area contributed by atoms with Crippen LogP contribution in [-0.4, -0.2) is 34.5 Å². The van der Waals surface area contributed by atoms with Gasteiger partial charge in [-0.15, -0.1) is 0 Å². The number of rotatable bonds is 5. The summed E-state index contributed by atoms with van der Waals surface area (Å²) in [7, 11) is -2.08. The highest BCUT2D eigenvalue weighted by atomic mass is 28.4. The molecule has 150 valence electrons. The lowest BCUT2D eigenvalue weighted by atomic mass is 10.1. The zero-order valence-corrected chi connectivity index (χ0v) is 19.3. The van der Waals surface area contributed by atoms with E-state index in [-0.39, 0.29) is 10.6 Å². The summed E-state index contributed by atoms with van der Waals surface area (Å²) >= 11 is 0. The molecule has 0 N–H and O–H groups in total. The van der Waals surface area contributed by atoms with Crippen molar-refractivity contribution in [2.24, 2.45) is 0 Å². The summed E-state index contributed by atoms with van der Waals surface area (Å²) in [5, 5.41) is 18.6. The Hall–Kier alpha value is -2.44. The van der Waals surface area contributed by atoms with E-state index in [2.05, 4.69) is 69.6 Å². The Labute approximate surface area is 170 Å². The van der Waals surface area contributed by atoms with Gasteiger partial charge in [0, 0.05) is 37.8 Å². The molecule has 0 atom stereocenters. The number of fused-ring (bicyclic) bond motifs is 1. The number of benzene rings is 1. The first kappa shape index (κ1) is 21.9. The largest absolute Gasteiger partial charge is 0.543 e. The highest BCUT2D eigenvalue weighted by Crippen LogP contribution is 2.43. The van der Waals surface area contributed by atoms with Gasteiger partial charge in [0.25, 0.3) is 8.32 Å². The molecular formula is C22H32N4OSi. The first-order valence-electron chi connectivity index (χ1n) is 9.96. The van der Waals surface area contributed by atoms with Crippen LogP contribution in [0.25, 0.3) is 6.08 Å². The third-order valence-corrected chi connectivity index (χ3v) is 10.2. The van der Waals surface area contributed by atoms with E-state index < -0.39 is 8.32 Å². The van der Waals surface area contributed by atoms with Crippen molar-refractivity contribution in [3.63, 3.8) is 0 Å². The molecule has 0 amide bonds. The maximum atomic E-state index is 9.27. The van der Waals surface area contributed by atoms with Crippen LogP contribution in [0.2, 0.25) is 18.1 Å². The normalized spacial score (nSPS) is 14.0. The lowest BCUT2D eigenvalue weighted by Crippen LogP contribution is -2.44. The van der Waals surface area contributed by atoms with Gasteiger partial charge >= 0.3 is 0 Å². The van der Waals surface area contributed by atoms with Crippen molar-refractivity contribution in [1.29, 1.82) is 10.5 Å². The molecule has 0 aromatic heterocycles. The summed E-state index contributed by atoms with van der Waals surface area (Å²) in [6, 6.07) is 8.15. The first-order chi connectivity index (χ1) is 13.1. The molecule has 0 aliphatic carbocycles. The van der Waals surface area contributed by atoms with Gasteiger partial charge in [0.1, 0.15) is 23.5 Å². The maximum absolute atomic E-state index is 9.27. The summed E-state index contributed by atoms with van der Waals surface area (Å²) in [5.74, 6) is 0.768. The zero-order valence-electron chi connectivity index (χ0n) is 18.3. The third kappa shape index (κ3) is 4.34. The minimum absolute atomic E-state index is 0.0527. The number of hydrogen-bond acceptors (Lipinski definition) is 5. The lowest BCUT2D eigenvalue weighted by Gasteiger charge is -2.40. The number of nitrogens with zero attached hydrogens (tertiary/aromatic N) is 4. The number of hydrogen-bond donors (Lipinski definition) is 0. The molecule has 0 bridgehead atoms. The van der Waals surface area contributed by atoms with E-state index in [1.807, 2.05) is 12.1 Å². The second-order valence-corrected chi connectivity index (χ2v) is 13.4. The van der Waals surface area contributed by atoms with E-state index in [0.717, 1.165) is 48.9 Å². The van der Waals surface area contributed by atoms with E-state index in [1.165, 1.54) is 0 Å². The van der Waals surface area contributed by atoms with Gasteiger partial charge in [-0.1, -0.05) is 20.8 Å². The molecule has 1 aromatic carbocycles.